The number of amides is 1. The molecule has 1 saturated heterocycles. The van der Waals surface area contributed by atoms with Crippen LogP contribution in [0.4, 0.5) is 4.39 Å². The second kappa shape index (κ2) is 7.86. The second-order valence-electron chi connectivity index (χ2n) is 6.78. The Balaban J connectivity index is 1.45. The van der Waals surface area contributed by atoms with Crippen molar-refractivity contribution in [2.75, 3.05) is 26.2 Å². The molecule has 0 bridgehead atoms. The molecule has 0 spiro atoms. The van der Waals surface area contributed by atoms with Crippen molar-refractivity contribution >= 4 is 38.6 Å². The highest BCUT2D eigenvalue weighted by Gasteiger charge is 2.31. The summed E-state index contributed by atoms with van der Waals surface area (Å²) in [6, 6.07) is 10.0. The first-order valence-electron chi connectivity index (χ1n) is 9.09. The smallest absolute Gasteiger partial charge is 0.408 e. The average Bonchev–Trinajstić information content (AvgIpc) is 3.05. The largest absolute Gasteiger partial charge is 0.420 e. The van der Waals surface area contributed by atoms with Crippen LogP contribution in [0.3, 0.4) is 0 Å². The first-order chi connectivity index (χ1) is 14.3. The first-order valence-corrected chi connectivity index (χ1v) is 10.9. The number of hydrogen-bond donors (Lipinski definition) is 0. The monoisotopic (exact) mass is 453 g/mol. The van der Waals surface area contributed by atoms with Gasteiger partial charge in [0.05, 0.1) is 15.4 Å². The van der Waals surface area contributed by atoms with Crippen LogP contribution in [-0.4, -0.2) is 54.3 Å². The Kier molecular flexibility index (Phi) is 5.39. The van der Waals surface area contributed by atoms with E-state index in [0.717, 1.165) is 18.2 Å². The number of halogens is 2. The Labute approximate surface area is 176 Å². The molecule has 2 aromatic carbocycles. The summed E-state index contributed by atoms with van der Waals surface area (Å²) < 4.78 is 46.5. The molecule has 8 nitrogen and oxygen atoms in total. The molecule has 30 heavy (non-hydrogen) atoms. The summed E-state index contributed by atoms with van der Waals surface area (Å²) in [7, 11) is -3.86. The number of rotatable bonds is 4. The minimum Gasteiger partial charge on any atom is -0.408 e. The predicted octanol–water partition coefficient (Wildman–Crippen LogP) is 1.92. The van der Waals surface area contributed by atoms with Crippen molar-refractivity contribution < 1.29 is 22.0 Å². The Hall–Kier alpha value is -2.69. The van der Waals surface area contributed by atoms with Crippen LogP contribution in [0, 0.1) is 5.82 Å². The Morgan fingerprint density at radius 2 is 1.80 bits per heavy atom. The molecule has 1 aromatic heterocycles. The zero-order valence-corrected chi connectivity index (χ0v) is 17.2. The molecule has 0 unspecified atom stereocenters. The fourth-order valence-corrected chi connectivity index (χ4v) is 5.06. The van der Waals surface area contributed by atoms with Crippen LogP contribution >= 0.6 is 11.6 Å². The average molecular weight is 454 g/mol. The van der Waals surface area contributed by atoms with Crippen molar-refractivity contribution in [3.63, 3.8) is 0 Å². The van der Waals surface area contributed by atoms with E-state index in [4.69, 9.17) is 16.0 Å². The lowest BCUT2D eigenvalue weighted by Gasteiger charge is -2.34. The fourth-order valence-electron chi connectivity index (χ4n) is 3.36. The van der Waals surface area contributed by atoms with Crippen LogP contribution in [0.15, 0.2) is 56.6 Å². The van der Waals surface area contributed by atoms with Gasteiger partial charge in [-0.15, -0.1) is 0 Å². The van der Waals surface area contributed by atoms with Crippen molar-refractivity contribution in [3.05, 3.63) is 63.9 Å². The molecule has 0 radical (unpaired) electrons. The van der Waals surface area contributed by atoms with Gasteiger partial charge in [0.1, 0.15) is 12.4 Å². The van der Waals surface area contributed by atoms with E-state index in [1.807, 2.05) is 0 Å². The minimum absolute atomic E-state index is 0.0735. The van der Waals surface area contributed by atoms with Gasteiger partial charge in [-0.1, -0.05) is 23.7 Å². The molecule has 0 saturated carbocycles. The molecule has 1 fully saturated rings. The lowest BCUT2D eigenvalue weighted by atomic mass is 10.3. The van der Waals surface area contributed by atoms with E-state index in [1.165, 1.54) is 13.8 Å². The Bertz CT molecular complexity index is 1280. The lowest BCUT2D eigenvalue weighted by Crippen LogP contribution is -2.51. The number of benzene rings is 2. The normalized spacial score (nSPS) is 15.6. The van der Waals surface area contributed by atoms with E-state index in [0.29, 0.717) is 11.1 Å². The Morgan fingerprint density at radius 3 is 2.50 bits per heavy atom. The van der Waals surface area contributed by atoms with Gasteiger partial charge in [-0.05, 0) is 30.3 Å². The van der Waals surface area contributed by atoms with Gasteiger partial charge in [-0.25, -0.2) is 17.6 Å². The van der Waals surface area contributed by atoms with E-state index in [9.17, 15) is 22.4 Å². The summed E-state index contributed by atoms with van der Waals surface area (Å²) >= 11 is 5.70. The maximum absolute atomic E-state index is 13.3. The lowest BCUT2D eigenvalue weighted by molar-refractivity contribution is -0.133. The molecule has 0 aliphatic carbocycles. The van der Waals surface area contributed by atoms with Gasteiger partial charge in [-0.3, -0.25) is 9.36 Å². The van der Waals surface area contributed by atoms with E-state index in [-0.39, 0.29) is 48.5 Å². The molecule has 11 heteroatoms. The summed E-state index contributed by atoms with van der Waals surface area (Å²) in [6.45, 7) is 0.277. The minimum atomic E-state index is -3.86. The molecule has 1 amide bonds. The number of para-hydroxylation sites is 2. The van der Waals surface area contributed by atoms with Crippen LogP contribution in [-0.2, 0) is 21.4 Å². The number of oxazole rings is 1. The van der Waals surface area contributed by atoms with Gasteiger partial charge in [0, 0.05) is 26.2 Å². The van der Waals surface area contributed by atoms with E-state index in [1.54, 1.807) is 24.3 Å². The van der Waals surface area contributed by atoms with Gasteiger partial charge >= 0.3 is 5.76 Å². The third kappa shape index (κ3) is 3.73. The molecule has 0 atom stereocenters. The molecular formula is C19H17ClFN3O5S. The van der Waals surface area contributed by atoms with Gasteiger partial charge in [0.25, 0.3) is 0 Å². The highest BCUT2D eigenvalue weighted by atomic mass is 35.5. The Morgan fingerprint density at radius 1 is 1.10 bits per heavy atom. The third-order valence-corrected chi connectivity index (χ3v) is 7.17. The van der Waals surface area contributed by atoms with E-state index >= 15 is 0 Å². The summed E-state index contributed by atoms with van der Waals surface area (Å²) in [5.74, 6) is -1.64. The second-order valence-corrected chi connectivity index (χ2v) is 9.13. The number of piperazine rings is 1. The van der Waals surface area contributed by atoms with Crippen LogP contribution in [0.2, 0.25) is 5.02 Å². The summed E-state index contributed by atoms with van der Waals surface area (Å²) in [5, 5.41) is -0.275. The number of nitrogens with zero attached hydrogens (tertiary/aromatic N) is 3. The summed E-state index contributed by atoms with van der Waals surface area (Å²) in [5.41, 5.74) is 0.912. The van der Waals surface area contributed by atoms with Gasteiger partial charge in [0.2, 0.25) is 15.9 Å². The molecule has 3 aromatic rings. The van der Waals surface area contributed by atoms with Gasteiger partial charge < -0.3 is 9.32 Å². The molecule has 0 N–H and O–H groups in total. The van der Waals surface area contributed by atoms with Crippen molar-refractivity contribution in [3.8, 4) is 0 Å². The number of carbonyl (C=O) groups is 1. The highest BCUT2D eigenvalue weighted by Crippen LogP contribution is 2.23. The summed E-state index contributed by atoms with van der Waals surface area (Å²) in [4.78, 5) is 26.1. The van der Waals surface area contributed by atoms with Crippen molar-refractivity contribution in [2.24, 2.45) is 0 Å². The number of aromatic nitrogens is 1. The van der Waals surface area contributed by atoms with Gasteiger partial charge in [0.15, 0.2) is 5.58 Å². The molecule has 1 aliphatic heterocycles. The van der Waals surface area contributed by atoms with Crippen molar-refractivity contribution in [2.45, 2.75) is 11.4 Å². The molecule has 2 heterocycles. The highest BCUT2D eigenvalue weighted by molar-refractivity contribution is 7.89. The zero-order chi connectivity index (χ0) is 21.5. The van der Waals surface area contributed by atoms with Crippen LogP contribution in [0.1, 0.15) is 0 Å². The van der Waals surface area contributed by atoms with Crippen LogP contribution in [0.25, 0.3) is 11.1 Å². The van der Waals surface area contributed by atoms with Crippen molar-refractivity contribution in [1.82, 2.24) is 13.8 Å². The standard InChI is InChI=1S/C19H17ClFN3O5S/c20-14-11-13(5-6-15(14)21)30(27,28)23-9-7-22(8-10-23)18(25)12-24-16-3-1-2-4-17(16)29-19(24)26/h1-6,11H,7-10,12H2. The number of fused-ring (bicyclic) bond motifs is 1. The fraction of sp³-hybridized carbons (Fsp3) is 0.263. The number of hydrogen-bond acceptors (Lipinski definition) is 5. The third-order valence-electron chi connectivity index (χ3n) is 4.99. The van der Waals surface area contributed by atoms with E-state index in [2.05, 4.69) is 0 Å². The maximum Gasteiger partial charge on any atom is 0.420 e. The molecule has 158 valence electrons. The number of sulfonamides is 1. The zero-order valence-electron chi connectivity index (χ0n) is 15.6. The summed E-state index contributed by atoms with van der Waals surface area (Å²) in [6.07, 6.45) is 0. The molecule has 4 rings (SSSR count). The van der Waals surface area contributed by atoms with Crippen LogP contribution < -0.4 is 5.76 Å². The van der Waals surface area contributed by atoms with E-state index < -0.39 is 21.6 Å². The SMILES string of the molecule is O=C(Cn1c(=O)oc2ccccc21)N1CCN(S(=O)(=O)c2ccc(F)c(Cl)c2)CC1. The van der Waals surface area contributed by atoms with Gasteiger partial charge in [-0.2, -0.15) is 4.31 Å². The number of carbonyl (C=O) groups excluding carboxylic acids is 1. The molecule has 1 aliphatic rings. The van der Waals surface area contributed by atoms with Crippen molar-refractivity contribution in [1.29, 1.82) is 0 Å². The van der Waals surface area contributed by atoms with Crippen LogP contribution in [0.5, 0.6) is 0 Å². The first kappa shape index (κ1) is 20.6. The predicted molar refractivity (Wildman–Crippen MR) is 107 cm³/mol. The molecular weight excluding hydrogens is 437 g/mol. The maximum atomic E-state index is 13.3. The topological polar surface area (TPSA) is 92.8 Å². The quantitative estimate of drug-likeness (QED) is 0.601.